The third-order valence-electron chi connectivity index (χ3n) is 2.74. The highest BCUT2D eigenvalue weighted by Gasteiger charge is 2.10. The fraction of sp³-hybridized carbons (Fsp3) is 0.308. The van der Waals surface area contributed by atoms with E-state index >= 15 is 0 Å². The molecule has 0 aliphatic carbocycles. The van der Waals surface area contributed by atoms with Gasteiger partial charge in [-0.25, -0.2) is 18.1 Å². The Kier molecular flexibility index (Phi) is 5.17. The van der Waals surface area contributed by atoms with Crippen molar-refractivity contribution in [2.24, 2.45) is 0 Å². The number of aromatic nitrogens is 2. The minimum atomic E-state index is -3.31. The van der Waals surface area contributed by atoms with Crippen LogP contribution in [0.5, 0.6) is 0 Å². The minimum absolute atomic E-state index is 0.0325. The Bertz CT molecular complexity index is 624. The van der Waals surface area contributed by atoms with E-state index in [0.717, 1.165) is 18.5 Å². The standard InChI is InChI=1S/C13H16ClN3O2S/c14-13-4-2-12(3-5-13)10-20(18,19)16-6-1-8-17-9-7-15-11-17/h2-5,7,9,11,16H,1,6,8,10H2. The van der Waals surface area contributed by atoms with Crippen LogP contribution in [0.25, 0.3) is 0 Å². The number of halogens is 1. The van der Waals surface area contributed by atoms with Gasteiger partial charge >= 0.3 is 0 Å². The molecule has 1 aromatic heterocycles. The first-order valence-electron chi connectivity index (χ1n) is 6.23. The molecule has 0 aliphatic rings. The van der Waals surface area contributed by atoms with Crippen molar-refractivity contribution in [3.8, 4) is 0 Å². The Labute approximate surface area is 123 Å². The molecule has 0 saturated heterocycles. The molecule has 5 nitrogen and oxygen atoms in total. The van der Waals surface area contributed by atoms with E-state index in [1.165, 1.54) is 0 Å². The molecule has 0 atom stereocenters. The van der Waals surface area contributed by atoms with Crippen LogP contribution in [-0.4, -0.2) is 24.5 Å². The van der Waals surface area contributed by atoms with Crippen molar-refractivity contribution in [3.63, 3.8) is 0 Å². The normalized spacial score (nSPS) is 11.7. The van der Waals surface area contributed by atoms with Crippen LogP contribution in [-0.2, 0) is 22.3 Å². The number of hydrogen-bond acceptors (Lipinski definition) is 3. The van der Waals surface area contributed by atoms with Crippen LogP contribution in [0.15, 0.2) is 43.0 Å². The van der Waals surface area contributed by atoms with Gasteiger partial charge in [0.1, 0.15) is 0 Å². The SMILES string of the molecule is O=S(=O)(Cc1ccc(Cl)cc1)NCCCn1ccnc1. The first-order valence-corrected chi connectivity index (χ1v) is 8.26. The summed E-state index contributed by atoms with van der Waals surface area (Å²) in [5.74, 6) is -0.0325. The van der Waals surface area contributed by atoms with Gasteiger partial charge in [-0.1, -0.05) is 23.7 Å². The Morgan fingerprint density at radius 1 is 1.25 bits per heavy atom. The zero-order chi connectivity index (χ0) is 14.4. The maximum absolute atomic E-state index is 11.9. The summed E-state index contributed by atoms with van der Waals surface area (Å²) < 4.78 is 28.3. The molecule has 0 unspecified atom stereocenters. The second kappa shape index (κ2) is 6.88. The summed E-state index contributed by atoms with van der Waals surface area (Å²) >= 11 is 5.76. The van der Waals surface area contributed by atoms with E-state index in [1.807, 2.05) is 10.8 Å². The van der Waals surface area contributed by atoms with E-state index in [2.05, 4.69) is 9.71 Å². The van der Waals surface area contributed by atoms with Gasteiger partial charge < -0.3 is 4.57 Å². The average Bonchev–Trinajstić information content (AvgIpc) is 2.90. The van der Waals surface area contributed by atoms with Gasteiger partial charge in [-0.2, -0.15) is 0 Å². The molecule has 0 spiro atoms. The van der Waals surface area contributed by atoms with Gasteiger partial charge in [-0.3, -0.25) is 0 Å². The third kappa shape index (κ3) is 4.96. The molecule has 108 valence electrons. The van der Waals surface area contributed by atoms with Crippen molar-refractivity contribution < 1.29 is 8.42 Å². The van der Waals surface area contributed by atoms with Crippen molar-refractivity contribution in [3.05, 3.63) is 53.6 Å². The maximum Gasteiger partial charge on any atom is 0.215 e. The Morgan fingerprint density at radius 3 is 2.65 bits per heavy atom. The zero-order valence-electron chi connectivity index (χ0n) is 10.9. The van der Waals surface area contributed by atoms with Crippen molar-refractivity contribution >= 4 is 21.6 Å². The summed E-state index contributed by atoms with van der Waals surface area (Å²) in [5, 5.41) is 0.597. The van der Waals surface area contributed by atoms with Gasteiger partial charge in [0.05, 0.1) is 12.1 Å². The average molecular weight is 314 g/mol. The molecule has 1 aromatic carbocycles. The fourth-order valence-corrected chi connectivity index (χ4v) is 3.07. The Morgan fingerprint density at radius 2 is 2.00 bits per heavy atom. The number of nitrogens with zero attached hydrogens (tertiary/aromatic N) is 2. The summed E-state index contributed by atoms with van der Waals surface area (Å²) in [6.07, 6.45) is 5.98. The monoisotopic (exact) mass is 313 g/mol. The van der Waals surface area contributed by atoms with Crippen LogP contribution < -0.4 is 4.72 Å². The molecule has 0 bridgehead atoms. The quantitative estimate of drug-likeness (QED) is 0.796. The lowest BCUT2D eigenvalue weighted by atomic mass is 10.2. The first kappa shape index (κ1) is 15.0. The second-order valence-corrected chi connectivity index (χ2v) is 6.68. The number of benzene rings is 1. The molecule has 2 rings (SSSR count). The highest BCUT2D eigenvalue weighted by Crippen LogP contribution is 2.11. The van der Waals surface area contributed by atoms with E-state index in [1.54, 1.807) is 36.8 Å². The van der Waals surface area contributed by atoms with Crippen LogP contribution in [0.2, 0.25) is 5.02 Å². The number of rotatable bonds is 7. The highest BCUT2D eigenvalue weighted by molar-refractivity contribution is 7.88. The van der Waals surface area contributed by atoms with Crippen LogP contribution in [0.3, 0.4) is 0 Å². The maximum atomic E-state index is 11.9. The molecule has 0 amide bonds. The third-order valence-corrected chi connectivity index (χ3v) is 4.35. The molecule has 1 heterocycles. The number of nitrogens with one attached hydrogen (secondary N) is 1. The smallest absolute Gasteiger partial charge is 0.215 e. The molecule has 20 heavy (non-hydrogen) atoms. The van der Waals surface area contributed by atoms with Gasteiger partial charge in [-0.15, -0.1) is 0 Å². The van der Waals surface area contributed by atoms with Crippen LogP contribution >= 0.6 is 11.6 Å². The van der Waals surface area contributed by atoms with Crippen molar-refractivity contribution in [2.75, 3.05) is 6.54 Å². The lowest BCUT2D eigenvalue weighted by Gasteiger charge is -2.07. The predicted octanol–water partition coefficient (Wildman–Crippen LogP) is 2.05. The molecule has 2 aromatic rings. The number of aryl methyl sites for hydroxylation is 1. The van der Waals surface area contributed by atoms with Crippen LogP contribution in [0.4, 0.5) is 0 Å². The Balaban J connectivity index is 1.77. The van der Waals surface area contributed by atoms with Gasteiger partial charge in [0, 0.05) is 30.5 Å². The van der Waals surface area contributed by atoms with E-state index in [-0.39, 0.29) is 5.75 Å². The number of sulfonamides is 1. The van der Waals surface area contributed by atoms with Crippen LogP contribution in [0.1, 0.15) is 12.0 Å². The van der Waals surface area contributed by atoms with Crippen molar-refractivity contribution in [1.82, 2.24) is 14.3 Å². The van der Waals surface area contributed by atoms with Crippen molar-refractivity contribution in [2.45, 2.75) is 18.7 Å². The molecule has 7 heteroatoms. The summed E-state index contributed by atoms with van der Waals surface area (Å²) in [6.45, 7) is 1.15. The largest absolute Gasteiger partial charge is 0.337 e. The van der Waals surface area contributed by atoms with E-state index in [0.29, 0.717) is 11.6 Å². The first-order chi connectivity index (χ1) is 9.55. The topological polar surface area (TPSA) is 64.0 Å². The molecule has 0 fully saturated rings. The molecule has 1 N–H and O–H groups in total. The zero-order valence-corrected chi connectivity index (χ0v) is 12.4. The summed E-state index contributed by atoms with van der Waals surface area (Å²) in [7, 11) is -3.31. The summed E-state index contributed by atoms with van der Waals surface area (Å²) in [6, 6.07) is 6.80. The fourth-order valence-electron chi connectivity index (χ4n) is 1.76. The molecule has 0 radical (unpaired) electrons. The van der Waals surface area contributed by atoms with E-state index in [9.17, 15) is 8.42 Å². The Hall–Kier alpha value is -1.37. The lowest BCUT2D eigenvalue weighted by molar-refractivity contribution is 0.569. The second-order valence-electron chi connectivity index (χ2n) is 4.43. The van der Waals surface area contributed by atoms with Gasteiger partial charge in [0.25, 0.3) is 0 Å². The molecular formula is C13H16ClN3O2S. The van der Waals surface area contributed by atoms with Crippen LogP contribution in [0, 0.1) is 0 Å². The van der Waals surface area contributed by atoms with E-state index < -0.39 is 10.0 Å². The lowest BCUT2D eigenvalue weighted by Crippen LogP contribution is -2.26. The highest BCUT2D eigenvalue weighted by atomic mass is 35.5. The predicted molar refractivity (Wildman–Crippen MR) is 78.9 cm³/mol. The van der Waals surface area contributed by atoms with Gasteiger partial charge in [0.15, 0.2) is 0 Å². The summed E-state index contributed by atoms with van der Waals surface area (Å²) in [4.78, 5) is 3.93. The van der Waals surface area contributed by atoms with Crippen molar-refractivity contribution in [1.29, 1.82) is 0 Å². The van der Waals surface area contributed by atoms with Gasteiger partial charge in [-0.05, 0) is 24.1 Å². The molecular weight excluding hydrogens is 298 g/mol. The number of imidazole rings is 1. The molecule has 0 aliphatic heterocycles. The van der Waals surface area contributed by atoms with E-state index in [4.69, 9.17) is 11.6 Å². The molecule has 0 saturated carbocycles. The number of hydrogen-bond donors (Lipinski definition) is 1. The summed E-state index contributed by atoms with van der Waals surface area (Å²) in [5.41, 5.74) is 0.719. The minimum Gasteiger partial charge on any atom is -0.337 e. The van der Waals surface area contributed by atoms with Gasteiger partial charge in [0.2, 0.25) is 10.0 Å².